The van der Waals surface area contributed by atoms with E-state index in [0.29, 0.717) is 34.9 Å². The van der Waals surface area contributed by atoms with Gasteiger partial charge in [0.05, 0.1) is 30.0 Å². The summed E-state index contributed by atoms with van der Waals surface area (Å²) in [5.41, 5.74) is 1.19. The van der Waals surface area contributed by atoms with Crippen LogP contribution in [-0.2, 0) is 4.79 Å². The van der Waals surface area contributed by atoms with Crippen LogP contribution >= 0.6 is 11.8 Å². The molecule has 0 radical (unpaired) electrons. The number of amides is 1. The molecule has 0 unspecified atom stereocenters. The third-order valence-electron chi connectivity index (χ3n) is 5.12. The fraction of sp³-hybridized carbons (Fsp3) is 0.120. The van der Waals surface area contributed by atoms with Crippen molar-refractivity contribution in [3.8, 4) is 28.7 Å². The number of H-pyrrole nitrogens is 1. The largest absolute Gasteiger partial charge is 0.494 e. The number of carbonyl (C=O) groups is 1. The third-order valence-corrected chi connectivity index (χ3v) is 6.05. The van der Waals surface area contributed by atoms with E-state index in [-0.39, 0.29) is 17.2 Å². The van der Waals surface area contributed by atoms with E-state index in [1.807, 2.05) is 54.0 Å². The zero-order chi connectivity index (χ0) is 24.9. The number of carbonyl (C=O) groups excluding carboxylic acids is 1. The quantitative estimate of drug-likeness (QED) is 0.291. The highest BCUT2D eigenvalue weighted by molar-refractivity contribution is 7.99. The lowest BCUT2D eigenvalue weighted by Crippen LogP contribution is -2.15. The monoisotopic (exact) mass is 502 g/mol. The predicted octanol–water partition coefficient (Wildman–Crippen LogP) is 4.14. The summed E-state index contributed by atoms with van der Waals surface area (Å²) < 4.78 is 14.3. The van der Waals surface area contributed by atoms with Gasteiger partial charge in [0, 0.05) is 6.07 Å². The highest BCUT2D eigenvalue weighted by Crippen LogP contribution is 2.29. The van der Waals surface area contributed by atoms with Crippen LogP contribution in [0.15, 0.2) is 93.4 Å². The van der Waals surface area contributed by atoms with Gasteiger partial charge in [-0.15, -0.1) is 10.2 Å². The molecule has 5 aromatic rings. The Morgan fingerprint density at radius 3 is 2.58 bits per heavy atom. The van der Waals surface area contributed by atoms with Gasteiger partial charge < -0.3 is 14.5 Å². The maximum atomic E-state index is 12.7. The number of hydrogen-bond acceptors (Lipinski definition) is 7. The Morgan fingerprint density at radius 1 is 1.06 bits per heavy atom. The molecule has 2 N–H and O–H groups in total. The number of furan rings is 1. The molecule has 0 atom stereocenters. The summed E-state index contributed by atoms with van der Waals surface area (Å²) in [6, 6.07) is 21.5. The van der Waals surface area contributed by atoms with Crippen molar-refractivity contribution < 1.29 is 13.9 Å². The van der Waals surface area contributed by atoms with Crippen molar-refractivity contribution in [3.63, 3.8) is 0 Å². The third kappa shape index (κ3) is 4.96. The van der Waals surface area contributed by atoms with Gasteiger partial charge in [0.15, 0.2) is 10.9 Å². The van der Waals surface area contributed by atoms with E-state index in [4.69, 9.17) is 9.15 Å². The molecular weight excluding hydrogens is 480 g/mol. The molecule has 5 rings (SSSR count). The van der Waals surface area contributed by atoms with Gasteiger partial charge in [-0.25, -0.2) is 4.68 Å². The molecule has 0 bridgehead atoms. The Balaban J connectivity index is 1.34. The predicted molar refractivity (Wildman–Crippen MR) is 136 cm³/mol. The number of nitrogens with one attached hydrogen (secondary N) is 2. The van der Waals surface area contributed by atoms with Gasteiger partial charge in [-0.1, -0.05) is 30.0 Å². The molecule has 0 spiro atoms. The average Bonchev–Trinajstić information content (AvgIpc) is 3.64. The van der Waals surface area contributed by atoms with E-state index in [9.17, 15) is 9.59 Å². The Bertz CT molecular complexity index is 1500. The maximum Gasteiger partial charge on any atom is 0.273 e. The first kappa shape index (κ1) is 23.2. The fourth-order valence-corrected chi connectivity index (χ4v) is 4.32. The summed E-state index contributed by atoms with van der Waals surface area (Å²) in [4.78, 5) is 25.0. The van der Waals surface area contributed by atoms with E-state index in [1.54, 1.807) is 30.5 Å². The maximum absolute atomic E-state index is 12.7. The lowest BCUT2D eigenvalue weighted by Gasteiger charge is -2.10. The molecule has 0 saturated heterocycles. The van der Waals surface area contributed by atoms with Crippen molar-refractivity contribution in [2.24, 2.45) is 0 Å². The SMILES string of the molecule is CCOc1ccc(-n2c(SCC(=O)Nc3cc(=O)n(-c4ccccc4)[nH]3)nnc2-c2ccco2)cc1. The number of hydrogen-bond donors (Lipinski definition) is 2. The van der Waals surface area contributed by atoms with E-state index >= 15 is 0 Å². The van der Waals surface area contributed by atoms with Crippen molar-refractivity contribution in [3.05, 3.63) is 89.4 Å². The number of para-hydroxylation sites is 1. The number of aromatic amines is 1. The lowest BCUT2D eigenvalue weighted by atomic mass is 10.3. The van der Waals surface area contributed by atoms with Crippen LogP contribution in [0.5, 0.6) is 5.75 Å². The van der Waals surface area contributed by atoms with Crippen LogP contribution in [0.4, 0.5) is 5.82 Å². The van der Waals surface area contributed by atoms with E-state index < -0.39 is 0 Å². The Hall–Kier alpha value is -4.51. The Morgan fingerprint density at radius 2 is 1.86 bits per heavy atom. The molecule has 0 fully saturated rings. The van der Waals surface area contributed by atoms with Crippen molar-refractivity contribution in [2.45, 2.75) is 12.1 Å². The molecule has 182 valence electrons. The minimum Gasteiger partial charge on any atom is -0.494 e. The highest BCUT2D eigenvalue weighted by atomic mass is 32.2. The number of ether oxygens (including phenoxy) is 1. The summed E-state index contributed by atoms with van der Waals surface area (Å²) in [7, 11) is 0. The number of rotatable bonds is 9. The summed E-state index contributed by atoms with van der Waals surface area (Å²) >= 11 is 1.21. The number of anilines is 1. The number of thioether (sulfide) groups is 1. The van der Waals surface area contributed by atoms with Crippen molar-refractivity contribution in [1.29, 1.82) is 0 Å². The molecule has 0 aliphatic rings. The van der Waals surface area contributed by atoms with Gasteiger partial charge in [0.1, 0.15) is 11.6 Å². The standard InChI is InChI=1S/C25H22N6O4S/c1-2-34-19-12-10-17(11-13-19)30-24(20-9-6-14-35-20)27-28-25(30)36-16-22(32)26-21-15-23(33)31(29-21)18-7-4-3-5-8-18/h3-15,29H,2,16H2,1H3,(H,26,32). The van der Waals surface area contributed by atoms with Crippen LogP contribution in [-0.4, -0.2) is 42.8 Å². The molecule has 0 aliphatic heterocycles. The summed E-state index contributed by atoms with van der Waals surface area (Å²) in [6.07, 6.45) is 1.56. The first-order chi connectivity index (χ1) is 17.6. The van der Waals surface area contributed by atoms with Crippen molar-refractivity contribution in [1.82, 2.24) is 24.5 Å². The normalized spacial score (nSPS) is 10.9. The fourth-order valence-electron chi connectivity index (χ4n) is 3.56. The smallest absolute Gasteiger partial charge is 0.273 e. The first-order valence-corrected chi connectivity index (χ1v) is 12.1. The molecule has 3 aromatic heterocycles. The minimum absolute atomic E-state index is 0.0475. The van der Waals surface area contributed by atoms with Gasteiger partial charge in [0.25, 0.3) is 5.56 Å². The van der Waals surface area contributed by atoms with Gasteiger partial charge in [-0.2, -0.15) is 0 Å². The average molecular weight is 503 g/mol. The van der Waals surface area contributed by atoms with Gasteiger partial charge >= 0.3 is 0 Å². The van der Waals surface area contributed by atoms with Gasteiger partial charge in [-0.05, 0) is 55.5 Å². The van der Waals surface area contributed by atoms with Crippen molar-refractivity contribution >= 4 is 23.5 Å². The summed E-state index contributed by atoms with van der Waals surface area (Å²) in [5.74, 6) is 1.86. The van der Waals surface area contributed by atoms with Crippen LogP contribution in [0.3, 0.4) is 0 Å². The summed E-state index contributed by atoms with van der Waals surface area (Å²) in [6.45, 7) is 2.49. The molecule has 1 amide bonds. The molecule has 0 aliphatic carbocycles. The number of benzene rings is 2. The Kier molecular flexibility index (Phi) is 6.72. The highest BCUT2D eigenvalue weighted by Gasteiger charge is 2.19. The van der Waals surface area contributed by atoms with Crippen LogP contribution in [0.25, 0.3) is 23.0 Å². The first-order valence-electron chi connectivity index (χ1n) is 11.1. The Labute approximate surface area is 209 Å². The van der Waals surface area contributed by atoms with E-state index in [1.165, 1.54) is 22.5 Å². The molecule has 36 heavy (non-hydrogen) atoms. The number of nitrogens with zero attached hydrogens (tertiary/aromatic N) is 4. The van der Waals surface area contributed by atoms with Crippen LogP contribution < -0.4 is 15.6 Å². The number of aromatic nitrogens is 5. The second kappa shape index (κ2) is 10.4. The van der Waals surface area contributed by atoms with Gasteiger partial charge in [0.2, 0.25) is 11.7 Å². The molecule has 10 nitrogen and oxygen atoms in total. The topological polar surface area (TPSA) is 120 Å². The van der Waals surface area contributed by atoms with Gasteiger partial charge in [-0.3, -0.25) is 19.3 Å². The zero-order valence-corrected chi connectivity index (χ0v) is 20.1. The van der Waals surface area contributed by atoms with E-state index in [0.717, 1.165) is 11.4 Å². The second-order valence-corrected chi connectivity index (χ2v) is 8.50. The van der Waals surface area contributed by atoms with Crippen LogP contribution in [0, 0.1) is 0 Å². The zero-order valence-electron chi connectivity index (χ0n) is 19.2. The van der Waals surface area contributed by atoms with E-state index in [2.05, 4.69) is 20.6 Å². The van der Waals surface area contributed by atoms with Crippen LogP contribution in [0.2, 0.25) is 0 Å². The molecule has 3 heterocycles. The van der Waals surface area contributed by atoms with Crippen molar-refractivity contribution in [2.75, 3.05) is 17.7 Å². The molecule has 2 aromatic carbocycles. The second-order valence-electron chi connectivity index (χ2n) is 7.56. The van der Waals surface area contributed by atoms with Crippen LogP contribution in [0.1, 0.15) is 6.92 Å². The lowest BCUT2D eigenvalue weighted by molar-refractivity contribution is -0.113. The molecule has 11 heteroatoms. The molecule has 0 saturated carbocycles. The molecular formula is C25H22N6O4S. The summed E-state index contributed by atoms with van der Waals surface area (Å²) in [5, 5.41) is 14.7. The minimum atomic E-state index is -0.303.